The van der Waals surface area contributed by atoms with Gasteiger partial charge in [-0.05, 0) is 12.8 Å². The smallest absolute Gasteiger partial charge is 0.472 e. The number of phosphoric ester groups is 1. The number of unbranched alkanes of at least 4 members (excludes halogenated alkanes) is 30. The first-order valence-electron chi connectivity index (χ1n) is 23.1. The molecule has 0 saturated carbocycles. The molecule has 0 aromatic rings. The summed E-state index contributed by atoms with van der Waals surface area (Å²) >= 11 is 0. The van der Waals surface area contributed by atoms with Crippen molar-refractivity contribution in [2.75, 3.05) is 19.8 Å². The first-order chi connectivity index (χ1) is 27.1. The Kier molecular flexibility index (Phi) is 39.2. The van der Waals surface area contributed by atoms with Crippen LogP contribution in [-0.2, 0) is 32.7 Å². The summed E-state index contributed by atoms with van der Waals surface area (Å²) in [6.45, 7) is 2.57. The zero-order valence-corrected chi connectivity index (χ0v) is 36.9. The van der Waals surface area contributed by atoms with Crippen LogP contribution in [0.5, 0.6) is 0 Å². The number of carbonyl (C=O) groups is 3. The van der Waals surface area contributed by atoms with Crippen LogP contribution in [0.3, 0.4) is 0 Å². The third kappa shape index (κ3) is 39.3. The van der Waals surface area contributed by atoms with E-state index in [1.165, 1.54) is 154 Å². The number of esters is 1. The number of aliphatic carboxylic acids is 1. The number of carboxylic acids is 1. The highest BCUT2D eigenvalue weighted by Gasteiger charge is 2.28. The lowest BCUT2D eigenvalue weighted by atomic mass is 10.0. The van der Waals surface area contributed by atoms with Crippen molar-refractivity contribution in [1.29, 1.82) is 0 Å². The van der Waals surface area contributed by atoms with Crippen LogP contribution in [0.4, 0.5) is 0 Å². The molecule has 0 heterocycles. The lowest BCUT2D eigenvalue weighted by Gasteiger charge is -2.18. The Labute approximate surface area is 342 Å². The van der Waals surface area contributed by atoms with Gasteiger partial charge in [-0.25, -0.2) is 9.36 Å². The van der Waals surface area contributed by atoms with Gasteiger partial charge >= 0.3 is 19.8 Å². The fraction of sp³-hybridized carbons (Fsp3) is 0.932. The van der Waals surface area contributed by atoms with Gasteiger partial charge in [0.15, 0.2) is 6.04 Å². The maximum Gasteiger partial charge on any atom is 0.472 e. The van der Waals surface area contributed by atoms with Crippen molar-refractivity contribution in [2.24, 2.45) is 0 Å². The van der Waals surface area contributed by atoms with Crippen molar-refractivity contribution in [2.45, 2.75) is 244 Å². The molecule has 0 aliphatic carbocycles. The number of amides is 1. The van der Waals surface area contributed by atoms with Crippen molar-refractivity contribution in [3.8, 4) is 0 Å². The van der Waals surface area contributed by atoms with Gasteiger partial charge in [0.1, 0.15) is 12.7 Å². The molecule has 0 fully saturated rings. The molecular weight excluding hydrogens is 733 g/mol. The zero-order chi connectivity index (χ0) is 41.4. The second kappa shape index (κ2) is 40.3. The third-order valence-corrected chi connectivity index (χ3v) is 11.3. The van der Waals surface area contributed by atoms with Crippen LogP contribution >= 0.6 is 7.82 Å². The molecule has 0 aromatic heterocycles. The molecule has 0 radical (unpaired) electrons. The van der Waals surface area contributed by atoms with Crippen molar-refractivity contribution in [3.05, 3.63) is 0 Å². The molecule has 12 heteroatoms. The molecule has 3 atom stereocenters. The number of carbonyl (C=O) groups excluding carboxylic acids is 2. The van der Waals surface area contributed by atoms with Crippen molar-refractivity contribution < 1.29 is 47.8 Å². The number of phosphoric acid groups is 1. The molecule has 0 aliphatic heterocycles. The Bertz CT molecular complexity index is 968. The number of hydrogen-bond acceptors (Lipinski definition) is 8. The standard InChI is InChI=1S/C44H86NO10P/c1-3-5-7-9-11-13-14-15-16-17-18-19-20-21-22-23-24-25-26-27-28-30-32-34-36-43(48)53-37-40(46)38-54-56(51,52)55-39-41(44(49)50)45-42(47)35-33-31-29-12-10-8-6-4-2/h40-41,46H,3-39H2,1-2H3,(H,45,47)(H,49,50)(H,51,52). The molecule has 0 rings (SSSR count). The zero-order valence-electron chi connectivity index (χ0n) is 36.0. The van der Waals surface area contributed by atoms with Gasteiger partial charge in [-0.1, -0.05) is 206 Å². The van der Waals surface area contributed by atoms with Gasteiger partial charge < -0.3 is 25.2 Å². The van der Waals surface area contributed by atoms with E-state index in [0.717, 1.165) is 38.5 Å². The fourth-order valence-electron chi connectivity index (χ4n) is 6.79. The van der Waals surface area contributed by atoms with E-state index >= 15 is 0 Å². The van der Waals surface area contributed by atoms with Crippen LogP contribution in [0.15, 0.2) is 0 Å². The Morgan fingerprint density at radius 1 is 0.500 bits per heavy atom. The van der Waals surface area contributed by atoms with Crippen molar-refractivity contribution in [1.82, 2.24) is 5.32 Å². The summed E-state index contributed by atoms with van der Waals surface area (Å²) in [4.78, 5) is 45.7. The van der Waals surface area contributed by atoms with Gasteiger partial charge in [0.05, 0.1) is 13.2 Å². The second-order valence-electron chi connectivity index (χ2n) is 16.0. The Morgan fingerprint density at radius 3 is 1.18 bits per heavy atom. The maximum absolute atomic E-state index is 12.2. The maximum atomic E-state index is 12.2. The van der Waals surface area contributed by atoms with E-state index < -0.39 is 57.6 Å². The first-order valence-corrected chi connectivity index (χ1v) is 24.6. The molecule has 1 amide bonds. The monoisotopic (exact) mass is 820 g/mol. The van der Waals surface area contributed by atoms with E-state index in [1.807, 2.05) is 0 Å². The number of ether oxygens (including phenoxy) is 1. The van der Waals surface area contributed by atoms with E-state index in [1.54, 1.807) is 0 Å². The van der Waals surface area contributed by atoms with Gasteiger partial charge in [0.25, 0.3) is 0 Å². The molecule has 0 aromatic carbocycles. The topological polar surface area (TPSA) is 169 Å². The Morgan fingerprint density at radius 2 is 0.821 bits per heavy atom. The molecule has 0 bridgehead atoms. The highest BCUT2D eigenvalue weighted by molar-refractivity contribution is 7.47. The lowest BCUT2D eigenvalue weighted by Crippen LogP contribution is -2.43. The Hall–Kier alpha value is -1.52. The molecule has 0 aliphatic rings. The molecule has 11 nitrogen and oxygen atoms in total. The summed E-state index contributed by atoms with van der Waals surface area (Å²) in [7, 11) is -4.74. The molecule has 56 heavy (non-hydrogen) atoms. The van der Waals surface area contributed by atoms with Gasteiger partial charge in [-0.3, -0.25) is 18.6 Å². The first kappa shape index (κ1) is 54.5. The SMILES string of the molecule is CCCCCCCCCCCCCCCCCCCCCCCCCCC(=O)OCC(O)COP(=O)(O)OCC(NC(=O)CCCCCCCCCC)C(=O)O. The number of carboxylic acid groups (broad SMARTS) is 1. The predicted octanol–water partition coefficient (Wildman–Crippen LogP) is 11.9. The largest absolute Gasteiger partial charge is 0.480 e. The summed E-state index contributed by atoms with van der Waals surface area (Å²) in [6, 6.07) is -1.54. The van der Waals surface area contributed by atoms with Crippen molar-refractivity contribution >= 4 is 25.7 Å². The Balaban J connectivity index is 3.70. The quantitative estimate of drug-likeness (QED) is 0.0264. The van der Waals surface area contributed by atoms with Crippen LogP contribution in [-0.4, -0.2) is 64.9 Å². The molecule has 3 unspecified atom stereocenters. The van der Waals surface area contributed by atoms with E-state index in [0.29, 0.717) is 12.8 Å². The highest BCUT2D eigenvalue weighted by Crippen LogP contribution is 2.43. The van der Waals surface area contributed by atoms with Crippen LogP contribution in [0, 0.1) is 0 Å². The number of hydrogen-bond donors (Lipinski definition) is 4. The second-order valence-corrected chi connectivity index (χ2v) is 17.4. The van der Waals surface area contributed by atoms with E-state index in [4.69, 9.17) is 13.8 Å². The van der Waals surface area contributed by atoms with Gasteiger partial charge in [-0.2, -0.15) is 0 Å². The van der Waals surface area contributed by atoms with Gasteiger partial charge in [0, 0.05) is 12.8 Å². The van der Waals surface area contributed by atoms with Crippen LogP contribution in [0.1, 0.15) is 232 Å². The van der Waals surface area contributed by atoms with Gasteiger partial charge in [0.2, 0.25) is 5.91 Å². The normalized spacial score (nSPS) is 13.6. The third-order valence-electron chi connectivity index (χ3n) is 10.4. The number of rotatable bonds is 44. The number of aliphatic hydroxyl groups excluding tert-OH is 1. The molecule has 4 N–H and O–H groups in total. The van der Waals surface area contributed by atoms with Crippen LogP contribution in [0.25, 0.3) is 0 Å². The van der Waals surface area contributed by atoms with Crippen LogP contribution in [0.2, 0.25) is 0 Å². The fourth-order valence-corrected chi connectivity index (χ4v) is 7.56. The highest BCUT2D eigenvalue weighted by atomic mass is 31.2. The number of aliphatic hydroxyl groups is 1. The summed E-state index contributed by atoms with van der Waals surface area (Å²) < 4.78 is 26.8. The van der Waals surface area contributed by atoms with E-state index in [-0.39, 0.29) is 12.8 Å². The minimum atomic E-state index is -4.74. The minimum Gasteiger partial charge on any atom is -0.480 e. The molecular formula is C44H86NO10P. The van der Waals surface area contributed by atoms with E-state index in [2.05, 4.69) is 19.2 Å². The lowest BCUT2D eigenvalue weighted by molar-refractivity contribution is -0.147. The summed E-state index contributed by atoms with van der Waals surface area (Å²) in [5.41, 5.74) is 0. The molecule has 0 spiro atoms. The minimum absolute atomic E-state index is 0.149. The summed E-state index contributed by atoms with van der Waals surface area (Å²) in [5.74, 6) is -2.36. The average Bonchev–Trinajstić information content (AvgIpc) is 3.17. The summed E-state index contributed by atoms with van der Waals surface area (Å²) in [5, 5.41) is 21.7. The van der Waals surface area contributed by atoms with Gasteiger partial charge in [-0.15, -0.1) is 0 Å². The molecule has 0 saturated heterocycles. The van der Waals surface area contributed by atoms with Crippen molar-refractivity contribution in [3.63, 3.8) is 0 Å². The number of nitrogens with one attached hydrogen (secondary N) is 1. The average molecular weight is 820 g/mol. The predicted molar refractivity (Wildman–Crippen MR) is 227 cm³/mol. The van der Waals surface area contributed by atoms with Crippen LogP contribution < -0.4 is 5.32 Å². The summed E-state index contributed by atoms with van der Waals surface area (Å²) in [6.07, 6.45) is 38.8. The van der Waals surface area contributed by atoms with E-state index in [9.17, 15) is 34.1 Å². The molecule has 332 valence electrons.